The minimum atomic E-state index is -1.07. The molecule has 0 aromatic carbocycles. The maximum Gasteiger partial charge on any atom is 0.354 e. The van der Waals surface area contributed by atoms with Crippen molar-refractivity contribution >= 4 is 12.0 Å². The van der Waals surface area contributed by atoms with Crippen LogP contribution in [0.1, 0.15) is 22.5 Å². The molecular formula is C12H18N4O3. The number of nitrogens with zero attached hydrogens (tertiary/aromatic N) is 1. The Morgan fingerprint density at radius 1 is 1.26 bits per heavy atom. The Morgan fingerprint density at radius 3 is 2.63 bits per heavy atom. The highest BCUT2D eigenvalue weighted by atomic mass is 16.4. The summed E-state index contributed by atoms with van der Waals surface area (Å²) in [5.41, 5.74) is 0.732. The summed E-state index contributed by atoms with van der Waals surface area (Å²) in [4.78, 5) is 25.8. The van der Waals surface area contributed by atoms with Crippen LogP contribution in [-0.4, -0.2) is 42.2 Å². The van der Waals surface area contributed by atoms with Gasteiger partial charge in [0, 0.05) is 19.3 Å². The van der Waals surface area contributed by atoms with Crippen molar-refractivity contribution in [1.29, 1.82) is 0 Å². The number of aromatic carboxylic acids is 1. The molecule has 0 aliphatic carbocycles. The van der Waals surface area contributed by atoms with Crippen molar-refractivity contribution in [2.75, 3.05) is 20.1 Å². The number of amides is 2. The molecule has 1 rings (SSSR count). The molecule has 1 aromatic rings. The molecule has 2 amide bonds. The molecular weight excluding hydrogens is 248 g/mol. The van der Waals surface area contributed by atoms with Crippen molar-refractivity contribution in [2.24, 2.45) is 0 Å². The molecule has 0 spiro atoms. The summed E-state index contributed by atoms with van der Waals surface area (Å²) in [6.07, 6.45) is 2.30. The van der Waals surface area contributed by atoms with Crippen LogP contribution in [0, 0.1) is 0 Å². The highest BCUT2D eigenvalue weighted by Gasteiger charge is 2.04. The molecule has 0 unspecified atom stereocenters. The van der Waals surface area contributed by atoms with Gasteiger partial charge in [-0.2, -0.15) is 0 Å². The normalized spacial score (nSPS) is 9.95. The smallest absolute Gasteiger partial charge is 0.354 e. The van der Waals surface area contributed by atoms with Crippen LogP contribution in [0.3, 0.4) is 0 Å². The lowest BCUT2D eigenvalue weighted by molar-refractivity contribution is 0.0690. The predicted octanol–water partition coefficient (Wildman–Crippen LogP) is 0.189. The van der Waals surface area contributed by atoms with E-state index in [1.165, 1.54) is 12.3 Å². The van der Waals surface area contributed by atoms with Gasteiger partial charge in [-0.05, 0) is 31.6 Å². The molecule has 7 nitrogen and oxygen atoms in total. The van der Waals surface area contributed by atoms with Crippen LogP contribution in [-0.2, 0) is 6.54 Å². The summed E-state index contributed by atoms with van der Waals surface area (Å²) in [5, 5.41) is 17.1. The molecule has 0 saturated carbocycles. The Kier molecular flexibility index (Phi) is 6.31. The third-order valence-electron chi connectivity index (χ3n) is 2.39. The minimum Gasteiger partial charge on any atom is -0.477 e. The monoisotopic (exact) mass is 266 g/mol. The van der Waals surface area contributed by atoms with Gasteiger partial charge in [0.15, 0.2) is 0 Å². The van der Waals surface area contributed by atoms with Crippen LogP contribution in [0.2, 0.25) is 0 Å². The molecule has 19 heavy (non-hydrogen) atoms. The SMILES string of the molecule is CNCCCNC(=O)NCc1ccc(C(=O)O)nc1. The van der Waals surface area contributed by atoms with Gasteiger partial charge in [-0.25, -0.2) is 14.6 Å². The molecule has 0 aliphatic heterocycles. The van der Waals surface area contributed by atoms with Crippen molar-refractivity contribution in [3.05, 3.63) is 29.6 Å². The number of carbonyl (C=O) groups excluding carboxylic acids is 1. The zero-order valence-corrected chi connectivity index (χ0v) is 10.8. The molecule has 4 N–H and O–H groups in total. The van der Waals surface area contributed by atoms with E-state index in [1.807, 2.05) is 7.05 Å². The largest absolute Gasteiger partial charge is 0.477 e. The standard InChI is InChI=1S/C12H18N4O3/c1-13-5-2-6-14-12(19)16-8-9-3-4-10(11(17)18)15-7-9/h3-4,7,13H,2,5-6,8H2,1H3,(H,17,18)(H2,14,16,19). The molecule has 0 aliphatic rings. The summed E-state index contributed by atoms with van der Waals surface area (Å²) in [5.74, 6) is -1.07. The van der Waals surface area contributed by atoms with Crippen molar-refractivity contribution in [3.63, 3.8) is 0 Å². The van der Waals surface area contributed by atoms with Crippen LogP contribution in [0.5, 0.6) is 0 Å². The molecule has 0 atom stereocenters. The summed E-state index contributed by atoms with van der Waals surface area (Å²) >= 11 is 0. The van der Waals surface area contributed by atoms with E-state index in [0.717, 1.165) is 18.5 Å². The first-order chi connectivity index (χ1) is 9.13. The van der Waals surface area contributed by atoms with Crippen molar-refractivity contribution in [1.82, 2.24) is 20.9 Å². The Labute approximate surface area is 111 Å². The van der Waals surface area contributed by atoms with Crippen LogP contribution >= 0.6 is 0 Å². The van der Waals surface area contributed by atoms with Crippen LogP contribution in [0.25, 0.3) is 0 Å². The van der Waals surface area contributed by atoms with Gasteiger partial charge in [-0.15, -0.1) is 0 Å². The van der Waals surface area contributed by atoms with Gasteiger partial charge in [-0.3, -0.25) is 0 Å². The number of rotatable bonds is 7. The zero-order valence-electron chi connectivity index (χ0n) is 10.8. The lowest BCUT2D eigenvalue weighted by Gasteiger charge is -2.07. The Balaban J connectivity index is 2.28. The van der Waals surface area contributed by atoms with Crippen LogP contribution in [0.4, 0.5) is 4.79 Å². The summed E-state index contributed by atoms with van der Waals surface area (Å²) in [6.45, 7) is 1.76. The third-order valence-corrected chi connectivity index (χ3v) is 2.39. The number of hydrogen-bond donors (Lipinski definition) is 4. The Hall–Kier alpha value is -2.15. The average molecular weight is 266 g/mol. The summed E-state index contributed by atoms with van der Waals surface area (Å²) < 4.78 is 0. The van der Waals surface area contributed by atoms with Crippen LogP contribution < -0.4 is 16.0 Å². The van der Waals surface area contributed by atoms with Gasteiger partial charge >= 0.3 is 12.0 Å². The van der Waals surface area contributed by atoms with E-state index in [-0.39, 0.29) is 11.7 Å². The Bertz CT molecular complexity index is 419. The minimum absolute atomic E-state index is 0.0136. The summed E-state index contributed by atoms with van der Waals surface area (Å²) in [6, 6.07) is 2.78. The molecule has 0 bridgehead atoms. The number of carboxylic acid groups (broad SMARTS) is 1. The average Bonchev–Trinajstić information content (AvgIpc) is 2.42. The maximum absolute atomic E-state index is 11.4. The maximum atomic E-state index is 11.4. The predicted molar refractivity (Wildman–Crippen MR) is 70.0 cm³/mol. The molecule has 0 radical (unpaired) electrons. The van der Waals surface area contributed by atoms with E-state index in [0.29, 0.717) is 13.1 Å². The van der Waals surface area contributed by atoms with E-state index >= 15 is 0 Å². The molecule has 1 heterocycles. The van der Waals surface area contributed by atoms with Gasteiger partial charge in [0.05, 0.1) is 0 Å². The number of nitrogens with one attached hydrogen (secondary N) is 3. The third kappa shape index (κ3) is 5.82. The second kappa shape index (κ2) is 8.04. The highest BCUT2D eigenvalue weighted by molar-refractivity contribution is 5.85. The first-order valence-electron chi connectivity index (χ1n) is 5.98. The lowest BCUT2D eigenvalue weighted by atomic mass is 10.2. The number of aromatic nitrogens is 1. The van der Waals surface area contributed by atoms with Gasteiger partial charge < -0.3 is 21.1 Å². The van der Waals surface area contributed by atoms with Gasteiger partial charge in [-0.1, -0.05) is 6.07 Å². The number of carboxylic acids is 1. The first-order valence-corrected chi connectivity index (χ1v) is 5.98. The topological polar surface area (TPSA) is 103 Å². The number of urea groups is 1. The van der Waals surface area contributed by atoms with E-state index in [4.69, 9.17) is 5.11 Å². The number of carbonyl (C=O) groups is 2. The van der Waals surface area contributed by atoms with E-state index in [9.17, 15) is 9.59 Å². The van der Waals surface area contributed by atoms with Crippen LogP contribution in [0.15, 0.2) is 18.3 Å². The zero-order chi connectivity index (χ0) is 14.1. The van der Waals surface area contributed by atoms with Gasteiger partial charge in [0.2, 0.25) is 0 Å². The second-order valence-corrected chi connectivity index (χ2v) is 3.92. The van der Waals surface area contributed by atoms with Crippen molar-refractivity contribution in [3.8, 4) is 0 Å². The fourth-order valence-electron chi connectivity index (χ4n) is 1.37. The molecule has 0 saturated heterocycles. The fraction of sp³-hybridized carbons (Fsp3) is 0.417. The van der Waals surface area contributed by atoms with Crippen molar-refractivity contribution in [2.45, 2.75) is 13.0 Å². The first kappa shape index (κ1) is 14.9. The van der Waals surface area contributed by atoms with Gasteiger partial charge in [0.1, 0.15) is 5.69 Å². The quantitative estimate of drug-likeness (QED) is 0.527. The molecule has 7 heteroatoms. The highest BCUT2D eigenvalue weighted by Crippen LogP contribution is 1.99. The lowest BCUT2D eigenvalue weighted by Crippen LogP contribution is -2.36. The van der Waals surface area contributed by atoms with Gasteiger partial charge in [0.25, 0.3) is 0 Å². The van der Waals surface area contributed by atoms with E-state index in [1.54, 1.807) is 6.07 Å². The molecule has 104 valence electrons. The van der Waals surface area contributed by atoms with Crippen molar-refractivity contribution < 1.29 is 14.7 Å². The second-order valence-electron chi connectivity index (χ2n) is 3.92. The fourth-order valence-corrected chi connectivity index (χ4v) is 1.37. The number of hydrogen-bond acceptors (Lipinski definition) is 4. The Morgan fingerprint density at radius 2 is 2.05 bits per heavy atom. The summed E-state index contributed by atoms with van der Waals surface area (Å²) in [7, 11) is 1.86. The van der Waals surface area contributed by atoms with E-state index in [2.05, 4.69) is 20.9 Å². The van der Waals surface area contributed by atoms with E-state index < -0.39 is 5.97 Å². The molecule has 0 fully saturated rings. The number of pyridine rings is 1. The molecule has 1 aromatic heterocycles.